The van der Waals surface area contributed by atoms with E-state index in [9.17, 15) is 5.26 Å². The molecule has 0 aliphatic rings. The Morgan fingerprint density at radius 1 is 1.03 bits per heavy atom. The molecule has 29 heavy (non-hydrogen) atoms. The van der Waals surface area contributed by atoms with Crippen LogP contribution in [0.1, 0.15) is 48.1 Å². The van der Waals surface area contributed by atoms with E-state index in [0.29, 0.717) is 5.56 Å². The number of hydrogen-bond acceptors (Lipinski definition) is 3. The molecule has 0 unspecified atom stereocenters. The molecule has 2 aromatic carbocycles. The summed E-state index contributed by atoms with van der Waals surface area (Å²) in [7, 11) is 0. The van der Waals surface area contributed by atoms with Crippen molar-refractivity contribution >= 4 is 5.78 Å². The van der Waals surface area contributed by atoms with Crippen molar-refractivity contribution in [2.24, 2.45) is 0 Å². The molecule has 0 aliphatic heterocycles. The van der Waals surface area contributed by atoms with E-state index in [1.807, 2.05) is 35.7 Å². The Hall–Kier alpha value is -3.39. The smallest absolute Gasteiger partial charge is 0.233 e. The fourth-order valence-corrected chi connectivity index (χ4v) is 3.65. The summed E-state index contributed by atoms with van der Waals surface area (Å²) < 4.78 is 4.20. The van der Waals surface area contributed by atoms with Crippen LogP contribution in [0.4, 0.5) is 0 Å². The lowest BCUT2D eigenvalue weighted by molar-refractivity contribution is 0.680. The van der Waals surface area contributed by atoms with Crippen molar-refractivity contribution in [2.45, 2.75) is 46.6 Å². The number of hydrogen-bond donors (Lipinski definition) is 0. The Kier molecular flexibility index (Phi) is 5.18. The van der Waals surface area contributed by atoms with Gasteiger partial charge in [-0.3, -0.25) is 4.57 Å². The van der Waals surface area contributed by atoms with Crippen LogP contribution >= 0.6 is 0 Å². The lowest BCUT2D eigenvalue weighted by atomic mass is 9.99. The van der Waals surface area contributed by atoms with E-state index >= 15 is 0 Å². The summed E-state index contributed by atoms with van der Waals surface area (Å²) in [6.07, 6.45) is 3.20. The van der Waals surface area contributed by atoms with E-state index in [1.165, 1.54) is 5.56 Å². The molecule has 0 fully saturated rings. The van der Waals surface area contributed by atoms with E-state index in [4.69, 9.17) is 10.1 Å². The number of benzene rings is 2. The summed E-state index contributed by atoms with van der Waals surface area (Å²) in [6, 6.07) is 18.4. The van der Waals surface area contributed by atoms with Gasteiger partial charge in [-0.1, -0.05) is 55.8 Å². The van der Waals surface area contributed by atoms with Crippen molar-refractivity contribution in [3.05, 3.63) is 76.9 Å². The minimum Gasteiger partial charge on any atom is -0.292 e. The molecule has 5 heteroatoms. The van der Waals surface area contributed by atoms with E-state index in [0.717, 1.165) is 59.9 Å². The van der Waals surface area contributed by atoms with Gasteiger partial charge in [0.25, 0.3) is 0 Å². The van der Waals surface area contributed by atoms with Gasteiger partial charge in [0.15, 0.2) is 0 Å². The van der Waals surface area contributed by atoms with Crippen LogP contribution in [0.5, 0.6) is 0 Å². The molecule has 5 nitrogen and oxygen atoms in total. The van der Waals surface area contributed by atoms with Crippen LogP contribution in [0.15, 0.2) is 48.5 Å². The van der Waals surface area contributed by atoms with Crippen LogP contribution in [-0.2, 0) is 13.0 Å². The zero-order valence-corrected chi connectivity index (χ0v) is 17.2. The Labute approximate surface area is 171 Å². The molecule has 0 bridgehead atoms. The summed E-state index contributed by atoms with van der Waals surface area (Å²) in [5.74, 6) is 1.99. The standard InChI is InChI=1S/C24H25N5/c1-4-5-10-23-27-29-18(3)17(2)26-24(29)28(23)16-19-11-13-20(14-12-19)22-9-7-6-8-21(22)15-25/h6-9,11-14H,4-5,10,16H2,1-3H3. The number of fused-ring (bicyclic) bond motifs is 1. The SMILES string of the molecule is CCCCc1nn2c(C)c(C)nc2n1Cc1ccc(-c2ccccc2C#N)cc1. The quantitative estimate of drug-likeness (QED) is 0.467. The normalized spacial score (nSPS) is 11.1. The van der Waals surface area contributed by atoms with E-state index in [1.54, 1.807) is 0 Å². The van der Waals surface area contributed by atoms with Crippen molar-refractivity contribution in [1.82, 2.24) is 19.2 Å². The Balaban J connectivity index is 1.68. The fraction of sp³-hybridized carbons (Fsp3) is 0.292. The lowest BCUT2D eigenvalue weighted by Crippen LogP contribution is -2.06. The molecule has 4 aromatic rings. The molecule has 0 radical (unpaired) electrons. The predicted molar refractivity (Wildman–Crippen MR) is 115 cm³/mol. The summed E-state index contributed by atoms with van der Waals surface area (Å²) in [5.41, 5.74) is 6.03. The Bertz CT molecular complexity index is 1190. The lowest BCUT2D eigenvalue weighted by Gasteiger charge is -2.09. The van der Waals surface area contributed by atoms with Gasteiger partial charge in [-0.2, -0.15) is 10.4 Å². The molecule has 0 spiro atoms. The zero-order valence-electron chi connectivity index (χ0n) is 17.2. The molecule has 2 heterocycles. The van der Waals surface area contributed by atoms with Crippen LogP contribution in [0, 0.1) is 25.2 Å². The number of nitrogens with zero attached hydrogens (tertiary/aromatic N) is 5. The maximum Gasteiger partial charge on any atom is 0.233 e. The highest BCUT2D eigenvalue weighted by molar-refractivity contribution is 5.70. The summed E-state index contributed by atoms with van der Waals surface area (Å²) in [6.45, 7) is 7.03. The van der Waals surface area contributed by atoms with Crippen molar-refractivity contribution in [3.8, 4) is 17.2 Å². The van der Waals surface area contributed by atoms with Crippen molar-refractivity contribution in [2.75, 3.05) is 0 Å². The number of aryl methyl sites for hydroxylation is 3. The van der Waals surface area contributed by atoms with Crippen LogP contribution in [-0.4, -0.2) is 19.2 Å². The number of rotatable bonds is 6. The van der Waals surface area contributed by atoms with Crippen molar-refractivity contribution in [3.63, 3.8) is 0 Å². The number of aromatic nitrogens is 4. The third-order valence-corrected chi connectivity index (χ3v) is 5.47. The van der Waals surface area contributed by atoms with Gasteiger partial charge in [-0.15, -0.1) is 0 Å². The van der Waals surface area contributed by atoms with Crippen LogP contribution in [0.25, 0.3) is 16.9 Å². The molecule has 4 rings (SSSR count). The Morgan fingerprint density at radius 2 is 1.79 bits per heavy atom. The molecule has 0 N–H and O–H groups in total. The maximum absolute atomic E-state index is 9.36. The molecule has 0 atom stereocenters. The molecule has 0 saturated carbocycles. The first kappa shape index (κ1) is 18.9. The largest absolute Gasteiger partial charge is 0.292 e. The zero-order chi connectivity index (χ0) is 20.4. The van der Waals surface area contributed by atoms with Gasteiger partial charge in [0.2, 0.25) is 5.78 Å². The van der Waals surface area contributed by atoms with Gasteiger partial charge in [0, 0.05) is 6.42 Å². The van der Waals surface area contributed by atoms with Gasteiger partial charge >= 0.3 is 0 Å². The highest BCUT2D eigenvalue weighted by atomic mass is 15.4. The summed E-state index contributed by atoms with van der Waals surface area (Å²) in [4.78, 5) is 4.75. The Morgan fingerprint density at radius 3 is 2.52 bits per heavy atom. The second-order valence-electron chi connectivity index (χ2n) is 7.45. The number of imidazole rings is 1. The van der Waals surface area contributed by atoms with E-state index in [-0.39, 0.29) is 0 Å². The molecular weight excluding hydrogens is 358 g/mol. The second-order valence-corrected chi connectivity index (χ2v) is 7.45. The molecule has 0 saturated heterocycles. The van der Waals surface area contributed by atoms with Gasteiger partial charge < -0.3 is 0 Å². The van der Waals surface area contributed by atoms with Gasteiger partial charge in [0.1, 0.15) is 5.82 Å². The fourth-order valence-electron chi connectivity index (χ4n) is 3.65. The minimum atomic E-state index is 0.696. The maximum atomic E-state index is 9.36. The van der Waals surface area contributed by atoms with E-state index < -0.39 is 0 Å². The molecule has 0 aliphatic carbocycles. The van der Waals surface area contributed by atoms with Crippen LogP contribution in [0.2, 0.25) is 0 Å². The molecule has 0 amide bonds. The second kappa shape index (κ2) is 7.92. The van der Waals surface area contributed by atoms with Gasteiger partial charge in [0.05, 0.1) is 29.6 Å². The summed E-state index contributed by atoms with van der Waals surface area (Å²) >= 11 is 0. The third kappa shape index (κ3) is 3.54. The average molecular weight is 383 g/mol. The average Bonchev–Trinajstić information content (AvgIpc) is 3.22. The first-order valence-corrected chi connectivity index (χ1v) is 10.1. The number of nitriles is 1. The van der Waals surface area contributed by atoms with Crippen LogP contribution < -0.4 is 0 Å². The third-order valence-electron chi connectivity index (χ3n) is 5.47. The molecule has 146 valence electrons. The monoisotopic (exact) mass is 383 g/mol. The molecule has 2 aromatic heterocycles. The summed E-state index contributed by atoms with van der Waals surface area (Å²) in [5, 5.41) is 14.2. The predicted octanol–water partition coefficient (Wildman–Crippen LogP) is 5.08. The van der Waals surface area contributed by atoms with Crippen LogP contribution in [0.3, 0.4) is 0 Å². The first-order valence-electron chi connectivity index (χ1n) is 10.1. The van der Waals surface area contributed by atoms with Gasteiger partial charge in [-0.05, 0) is 43.0 Å². The minimum absolute atomic E-state index is 0.696. The van der Waals surface area contributed by atoms with Gasteiger partial charge in [-0.25, -0.2) is 9.50 Å². The first-order chi connectivity index (χ1) is 14.1. The van der Waals surface area contributed by atoms with Crippen molar-refractivity contribution in [1.29, 1.82) is 5.26 Å². The highest BCUT2D eigenvalue weighted by Crippen LogP contribution is 2.24. The highest BCUT2D eigenvalue weighted by Gasteiger charge is 2.16. The van der Waals surface area contributed by atoms with E-state index in [2.05, 4.69) is 48.7 Å². The van der Waals surface area contributed by atoms with Crippen molar-refractivity contribution < 1.29 is 0 Å². The topological polar surface area (TPSA) is 58.9 Å². The molecular formula is C24H25N5. The number of unbranched alkanes of at least 4 members (excludes halogenated alkanes) is 1.